The molecule has 0 amide bonds. The number of benzene rings is 2. The fourth-order valence-electron chi connectivity index (χ4n) is 8.11. The molecule has 2 aromatic heterocycles. The van der Waals surface area contributed by atoms with E-state index in [0.29, 0.717) is 11.8 Å². The summed E-state index contributed by atoms with van der Waals surface area (Å²) in [5.74, 6) is 2.92. The Morgan fingerprint density at radius 3 is 1.47 bits per heavy atom. The van der Waals surface area contributed by atoms with Crippen molar-refractivity contribution >= 4 is 34.7 Å². The van der Waals surface area contributed by atoms with Crippen molar-refractivity contribution in [2.75, 3.05) is 11.5 Å². The van der Waals surface area contributed by atoms with Crippen LogP contribution < -0.4 is 11.5 Å². The van der Waals surface area contributed by atoms with Gasteiger partial charge in [-0.2, -0.15) is 0 Å². The summed E-state index contributed by atoms with van der Waals surface area (Å²) in [4.78, 5) is 10.2. The zero-order chi connectivity index (χ0) is 30.1. The molecule has 0 atom stereocenters. The van der Waals surface area contributed by atoms with Gasteiger partial charge in [-0.3, -0.25) is 0 Å². The Kier molecular flexibility index (Phi) is 5.02. The highest BCUT2D eigenvalue weighted by atomic mass is 16.4. The van der Waals surface area contributed by atoms with Gasteiger partial charge in [-0.05, 0) is 108 Å². The third kappa shape index (κ3) is 3.78. The van der Waals surface area contributed by atoms with Gasteiger partial charge >= 0.3 is 0 Å². The molecule has 2 aromatic carbocycles. The summed E-state index contributed by atoms with van der Waals surface area (Å²) >= 11 is 0. The summed E-state index contributed by atoms with van der Waals surface area (Å²) < 4.78 is 13.0. The predicted octanol–water partition coefficient (Wildman–Crippen LogP) is 8.89. The van der Waals surface area contributed by atoms with Crippen molar-refractivity contribution in [3.8, 4) is 22.9 Å². The van der Waals surface area contributed by atoms with Crippen LogP contribution in [-0.2, 0) is 0 Å². The molecule has 4 aliphatic carbocycles. The SMILES string of the molecule is Cc1cc(N)ccc1-c1nc2c(o1)C=C1C2=CC(C)(C)CC12CC(C)(C)C=C1C2=Cc2oc(-c3ccc(N)cc3C)nc21. The van der Waals surface area contributed by atoms with E-state index in [-0.39, 0.29) is 16.2 Å². The Morgan fingerprint density at radius 1 is 0.651 bits per heavy atom. The third-order valence-electron chi connectivity index (χ3n) is 9.53. The molecule has 216 valence electrons. The lowest BCUT2D eigenvalue weighted by molar-refractivity contribution is 0.203. The van der Waals surface area contributed by atoms with Gasteiger partial charge in [-0.1, -0.05) is 39.8 Å². The number of anilines is 2. The summed E-state index contributed by atoms with van der Waals surface area (Å²) in [6.45, 7) is 13.4. The van der Waals surface area contributed by atoms with Crippen molar-refractivity contribution < 1.29 is 8.83 Å². The Labute approximate surface area is 251 Å². The van der Waals surface area contributed by atoms with Crippen molar-refractivity contribution in [1.29, 1.82) is 0 Å². The Hall–Kier alpha value is -4.58. The van der Waals surface area contributed by atoms with Crippen molar-refractivity contribution in [2.45, 2.75) is 54.4 Å². The van der Waals surface area contributed by atoms with Gasteiger partial charge in [0.1, 0.15) is 11.4 Å². The summed E-state index contributed by atoms with van der Waals surface area (Å²) in [5.41, 5.74) is 24.0. The van der Waals surface area contributed by atoms with E-state index in [4.69, 9.17) is 30.3 Å². The number of nitrogens with two attached hydrogens (primary N) is 2. The zero-order valence-electron chi connectivity index (χ0n) is 25.6. The van der Waals surface area contributed by atoms with Crippen molar-refractivity contribution in [3.05, 3.63) is 93.7 Å². The number of rotatable bonds is 2. The molecule has 6 nitrogen and oxygen atoms in total. The lowest BCUT2D eigenvalue weighted by Gasteiger charge is -2.51. The standard InChI is InChI=1S/C37H36N4O2/c1-19-11-21(38)7-9-23(19)33-40-31-25-15-35(3,4)17-37(27(25)13-29(31)42-33)18-36(5,6)16-26-28(37)14-30-32(26)41-34(43-30)24-10-8-22(39)12-20(24)2/h7-16H,17-18,38-39H2,1-6H3. The summed E-state index contributed by atoms with van der Waals surface area (Å²) in [5, 5.41) is 0. The highest BCUT2D eigenvalue weighted by Crippen LogP contribution is 2.67. The first-order valence-corrected chi connectivity index (χ1v) is 15.0. The van der Waals surface area contributed by atoms with E-state index in [0.717, 1.165) is 69.4 Å². The second-order valence-corrected chi connectivity index (χ2v) is 14.3. The van der Waals surface area contributed by atoms with E-state index in [2.05, 4.69) is 52.0 Å². The van der Waals surface area contributed by atoms with Crippen LogP contribution in [-0.4, -0.2) is 9.97 Å². The molecule has 4 aromatic rings. The predicted molar refractivity (Wildman–Crippen MR) is 173 cm³/mol. The number of nitrogen functional groups attached to an aromatic ring is 2. The Bertz CT molecular complexity index is 1880. The van der Waals surface area contributed by atoms with Crippen LogP contribution in [0.15, 0.2) is 68.5 Å². The van der Waals surface area contributed by atoms with E-state index in [9.17, 15) is 0 Å². The molecule has 1 spiro atoms. The van der Waals surface area contributed by atoms with E-state index < -0.39 is 0 Å². The number of hydrogen-bond acceptors (Lipinski definition) is 6. The first-order chi connectivity index (χ1) is 20.3. The number of oxazole rings is 2. The first-order valence-electron chi connectivity index (χ1n) is 15.0. The fourth-order valence-corrected chi connectivity index (χ4v) is 8.11. The second kappa shape index (κ2) is 8.28. The average molecular weight is 569 g/mol. The van der Waals surface area contributed by atoms with Crippen LogP contribution in [0, 0.1) is 30.1 Å². The quantitative estimate of drug-likeness (QED) is 0.234. The molecular formula is C37H36N4O2. The first kappa shape index (κ1) is 26.1. The minimum atomic E-state index is -0.234. The van der Waals surface area contributed by atoms with Crippen LogP contribution in [0.25, 0.3) is 46.2 Å². The topological polar surface area (TPSA) is 104 Å². The number of aryl methyl sites for hydroxylation is 2. The van der Waals surface area contributed by atoms with Gasteiger partial charge in [0.05, 0.1) is 0 Å². The number of nitrogens with zero attached hydrogens (tertiary/aromatic N) is 2. The number of aromatic nitrogens is 2. The molecule has 43 heavy (non-hydrogen) atoms. The fraction of sp³-hybridized carbons (Fsp3) is 0.297. The van der Waals surface area contributed by atoms with Gasteiger partial charge in [0.15, 0.2) is 11.5 Å². The van der Waals surface area contributed by atoms with Crippen LogP contribution >= 0.6 is 0 Å². The van der Waals surface area contributed by atoms with Gasteiger partial charge in [0.2, 0.25) is 11.8 Å². The monoisotopic (exact) mass is 568 g/mol. The van der Waals surface area contributed by atoms with E-state index in [1.54, 1.807) is 0 Å². The van der Waals surface area contributed by atoms with Gasteiger partial charge < -0.3 is 20.3 Å². The molecule has 4 N–H and O–H groups in total. The maximum absolute atomic E-state index is 6.48. The number of hydrogen-bond donors (Lipinski definition) is 2. The summed E-state index contributed by atoms with van der Waals surface area (Å²) in [6, 6.07) is 11.7. The van der Waals surface area contributed by atoms with Gasteiger partial charge in [0, 0.05) is 39.1 Å². The minimum absolute atomic E-state index is 0.0622. The molecule has 0 saturated carbocycles. The van der Waals surface area contributed by atoms with E-state index in [1.165, 1.54) is 22.3 Å². The minimum Gasteiger partial charge on any atom is -0.436 e. The number of fused-ring (bicyclic) bond motifs is 8. The van der Waals surface area contributed by atoms with Gasteiger partial charge in [-0.15, -0.1) is 0 Å². The average Bonchev–Trinajstić information content (AvgIpc) is 3.64. The van der Waals surface area contributed by atoms with E-state index >= 15 is 0 Å². The van der Waals surface area contributed by atoms with Crippen molar-refractivity contribution in [2.24, 2.45) is 16.2 Å². The largest absolute Gasteiger partial charge is 0.436 e. The molecule has 0 fully saturated rings. The summed E-state index contributed by atoms with van der Waals surface area (Å²) in [7, 11) is 0. The van der Waals surface area contributed by atoms with Crippen LogP contribution in [0.2, 0.25) is 0 Å². The highest BCUT2D eigenvalue weighted by molar-refractivity contribution is 6.01. The number of allylic oxidation sites excluding steroid dienone is 6. The van der Waals surface area contributed by atoms with Gasteiger partial charge in [-0.25, -0.2) is 9.97 Å². The van der Waals surface area contributed by atoms with Crippen LogP contribution in [0.5, 0.6) is 0 Å². The molecule has 8 rings (SSSR count). The zero-order valence-corrected chi connectivity index (χ0v) is 25.6. The maximum Gasteiger partial charge on any atom is 0.227 e. The third-order valence-corrected chi connectivity index (χ3v) is 9.53. The molecule has 6 heteroatoms. The molecule has 0 bridgehead atoms. The molecule has 0 aliphatic heterocycles. The van der Waals surface area contributed by atoms with Crippen molar-refractivity contribution in [3.63, 3.8) is 0 Å². The van der Waals surface area contributed by atoms with Crippen molar-refractivity contribution in [1.82, 2.24) is 9.97 Å². The molecule has 0 unspecified atom stereocenters. The molecular weight excluding hydrogens is 532 g/mol. The molecule has 0 saturated heterocycles. The second-order valence-electron chi connectivity index (χ2n) is 14.3. The lowest BCUT2D eigenvalue weighted by Crippen LogP contribution is -2.40. The molecule has 4 aliphatic rings. The van der Waals surface area contributed by atoms with Crippen LogP contribution in [0.1, 0.15) is 74.6 Å². The summed E-state index contributed by atoms with van der Waals surface area (Å²) in [6.07, 6.45) is 11.2. The maximum atomic E-state index is 6.48. The molecule has 2 heterocycles. The smallest absolute Gasteiger partial charge is 0.227 e. The van der Waals surface area contributed by atoms with Crippen LogP contribution in [0.3, 0.4) is 0 Å². The Morgan fingerprint density at radius 2 is 1.07 bits per heavy atom. The van der Waals surface area contributed by atoms with Crippen LogP contribution in [0.4, 0.5) is 11.4 Å². The Balaban J connectivity index is 1.27. The highest BCUT2D eigenvalue weighted by Gasteiger charge is 2.55. The normalized spacial score (nSPS) is 20.0. The van der Waals surface area contributed by atoms with E-state index in [1.807, 2.05) is 50.2 Å². The lowest BCUT2D eigenvalue weighted by atomic mass is 9.51. The molecule has 0 radical (unpaired) electrons. The van der Waals surface area contributed by atoms with Gasteiger partial charge in [0.25, 0.3) is 0 Å².